The number of amides is 2. The van der Waals surface area contributed by atoms with E-state index >= 15 is 0 Å². The fourth-order valence-corrected chi connectivity index (χ4v) is 4.68. The van der Waals surface area contributed by atoms with Crippen LogP contribution in [0.25, 0.3) is 0 Å². The molecule has 3 heterocycles. The third-order valence-electron chi connectivity index (χ3n) is 3.52. The second-order valence-corrected chi connectivity index (χ2v) is 7.25. The molecule has 0 spiro atoms. The van der Waals surface area contributed by atoms with E-state index in [2.05, 4.69) is 15.2 Å². The number of aromatic nitrogens is 3. The number of aliphatic carboxylic acids is 1. The lowest BCUT2D eigenvalue weighted by atomic mass is 10.0. The summed E-state index contributed by atoms with van der Waals surface area (Å²) in [6, 6.07) is -0.649. The molecule has 0 saturated carbocycles. The highest BCUT2D eigenvalue weighted by Crippen LogP contribution is 2.40. The molecule has 12 heteroatoms. The minimum absolute atomic E-state index is 0.00479. The second kappa shape index (κ2) is 6.45. The van der Waals surface area contributed by atoms with Crippen molar-refractivity contribution in [3.8, 4) is 0 Å². The average molecular weight is 370 g/mol. The molecular weight excluding hydrogens is 356 g/mol. The molecule has 1 fully saturated rings. The second-order valence-electron chi connectivity index (χ2n) is 5.18. The number of aromatic amines is 1. The van der Waals surface area contributed by atoms with Crippen LogP contribution < -0.4 is 11.5 Å². The highest BCUT2D eigenvalue weighted by Gasteiger charge is 2.51. The van der Waals surface area contributed by atoms with Gasteiger partial charge in [0.25, 0.3) is 0 Å². The smallest absolute Gasteiger partial charge is 0.352 e. The summed E-state index contributed by atoms with van der Waals surface area (Å²) in [7, 11) is 0. The summed E-state index contributed by atoms with van der Waals surface area (Å²) in [5.41, 5.74) is 11.4. The van der Waals surface area contributed by atoms with Crippen LogP contribution in [0.15, 0.2) is 16.4 Å². The molecule has 2 aliphatic rings. The first kappa shape index (κ1) is 16.8. The van der Waals surface area contributed by atoms with Gasteiger partial charge in [0.05, 0.1) is 6.42 Å². The first-order valence-corrected chi connectivity index (χ1v) is 8.90. The van der Waals surface area contributed by atoms with Crippen molar-refractivity contribution in [2.75, 3.05) is 11.5 Å². The molecule has 2 aliphatic heterocycles. The number of nitrogens with zero attached hydrogens (tertiary/aromatic N) is 3. The minimum atomic E-state index is -1.15. The van der Waals surface area contributed by atoms with Crippen molar-refractivity contribution < 1.29 is 19.5 Å². The van der Waals surface area contributed by atoms with Crippen LogP contribution in [0.5, 0.6) is 0 Å². The number of hydrogen-bond donors (Lipinski definition) is 4. The Hall–Kier alpha value is -2.05. The molecular formula is C12H14N6O4S2. The average Bonchev–Trinajstić information content (AvgIpc) is 2.97. The fourth-order valence-electron chi connectivity index (χ4n) is 2.43. The largest absolute Gasteiger partial charge is 0.477 e. The van der Waals surface area contributed by atoms with Gasteiger partial charge in [-0.15, -0.1) is 11.8 Å². The summed E-state index contributed by atoms with van der Waals surface area (Å²) in [6.45, 7) is 0. The Morgan fingerprint density at radius 2 is 2.25 bits per heavy atom. The maximum Gasteiger partial charge on any atom is 0.352 e. The zero-order chi connectivity index (χ0) is 17.4. The van der Waals surface area contributed by atoms with Crippen LogP contribution in [0.4, 0.5) is 0 Å². The van der Waals surface area contributed by atoms with Crippen LogP contribution >= 0.6 is 23.5 Å². The van der Waals surface area contributed by atoms with Crippen LogP contribution in [-0.4, -0.2) is 65.9 Å². The number of thioether (sulfide) groups is 2. The third kappa shape index (κ3) is 2.99. The number of H-pyrrole nitrogens is 1. The molecule has 0 aromatic carbocycles. The van der Waals surface area contributed by atoms with Crippen LogP contribution in [0, 0.1) is 0 Å². The van der Waals surface area contributed by atoms with Crippen LogP contribution in [-0.2, 0) is 20.8 Å². The highest BCUT2D eigenvalue weighted by atomic mass is 32.2. The van der Waals surface area contributed by atoms with Gasteiger partial charge in [-0.25, -0.2) is 9.78 Å². The summed E-state index contributed by atoms with van der Waals surface area (Å²) in [6.07, 6.45) is -0.0716. The van der Waals surface area contributed by atoms with E-state index in [1.54, 1.807) is 0 Å². The molecule has 1 saturated heterocycles. The number of nitrogens with two attached hydrogens (primary N) is 2. The van der Waals surface area contributed by atoms with E-state index < -0.39 is 17.9 Å². The molecule has 10 nitrogen and oxygen atoms in total. The Balaban J connectivity index is 1.73. The molecule has 1 aromatic heterocycles. The van der Waals surface area contributed by atoms with Crippen molar-refractivity contribution in [3.63, 3.8) is 0 Å². The number of β-lactam (4-membered cyclic amide) rings is 1. The topological polar surface area (TPSA) is 168 Å². The van der Waals surface area contributed by atoms with E-state index in [4.69, 9.17) is 11.5 Å². The first-order chi connectivity index (χ1) is 11.4. The fraction of sp³-hybridized carbons (Fsp3) is 0.417. The lowest BCUT2D eigenvalue weighted by Gasteiger charge is -2.48. The van der Waals surface area contributed by atoms with Gasteiger partial charge in [-0.05, 0) is 5.57 Å². The van der Waals surface area contributed by atoms with E-state index in [-0.39, 0.29) is 29.2 Å². The maximum atomic E-state index is 11.8. The summed E-state index contributed by atoms with van der Waals surface area (Å²) >= 11 is 2.68. The van der Waals surface area contributed by atoms with Crippen molar-refractivity contribution in [1.29, 1.82) is 0 Å². The molecule has 1 aromatic rings. The van der Waals surface area contributed by atoms with E-state index in [0.29, 0.717) is 22.2 Å². The van der Waals surface area contributed by atoms with Gasteiger partial charge in [0.2, 0.25) is 11.8 Å². The SMILES string of the molecule is NC(=O)Cc1n[nH]c(SCC2=C(C(=O)O)N3C(=O)C(N)[C@H]3SC2)n1. The highest BCUT2D eigenvalue weighted by molar-refractivity contribution is 8.01. The monoisotopic (exact) mass is 370 g/mol. The Morgan fingerprint density at radius 3 is 2.92 bits per heavy atom. The molecule has 24 heavy (non-hydrogen) atoms. The van der Waals surface area contributed by atoms with Gasteiger partial charge in [-0.3, -0.25) is 19.6 Å². The van der Waals surface area contributed by atoms with Gasteiger partial charge >= 0.3 is 5.97 Å². The molecule has 2 atom stereocenters. The first-order valence-electron chi connectivity index (χ1n) is 6.86. The minimum Gasteiger partial charge on any atom is -0.477 e. The maximum absolute atomic E-state index is 11.8. The zero-order valence-electron chi connectivity index (χ0n) is 12.3. The molecule has 0 radical (unpaired) electrons. The number of carbonyl (C=O) groups is 3. The van der Waals surface area contributed by atoms with Crippen LogP contribution in [0.2, 0.25) is 0 Å². The third-order valence-corrected chi connectivity index (χ3v) is 5.83. The van der Waals surface area contributed by atoms with Crippen LogP contribution in [0.1, 0.15) is 5.82 Å². The van der Waals surface area contributed by atoms with E-state index in [1.807, 2.05) is 0 Å². The summed E-state index contributed by atoms with van der Waals surface area (Å²) in [5, 5.41) is 16.1. The van der Waals surface area contributed by atoms with Gasteiger partial charge in [-0.2, -0.15) is 5.10 Å². The van der Waals surface area contributed by atoms with Gasteiger partial charge in [0, 0.05) is 11.5 Å². The Morgan fingerprint density at radius 1 is 1.50 bits per heavy atom. The number of fused-ring (bicyclic) bond motifs is 1. The van der Waals surface area contributed by atoms with Crippen LogP contribution in [0.3, 0.4) is 0 Å². The molecule has 0 bridgehead atoms. The molecule has 6 N–H and O–H groups in total. The number of nitrogens with one attached hydrogen (secondary N) is 1. The number of hydrogen-bond acceptors (Lipinski definition) is 8. The van der Waals surface area contributed by atoms with E-state index in [0.717, 1.165) is 0 Å². The zero-order valence-corrected chi connectivity index (χ0v) is 13.9. The number of carboxylic acids is 1. The Labute approximate surface area is 144 Å². The van der Waals surface area contributed by atoms with Gasteiger partial charge < -0.3 is 16.6 Å². The standard InChI is InChI=1S/C12H14N6O4S2/c13-5(19)1-6-15-12(17-16-6)24-3-4-2-23-10-7(14)9(20)18(10)8(4)11(21)22/h7,10H,1-3,14H2,(H2,13,19)(H,21,22)(H,15,16,17)/t7?,10-/m1/s1. The van der Waals surface area contributed by atoms with Gasteiger partial charge in [0.15, 0.2) is 11.0 Å². The van der Waals surface area contributed by atoms with Crippen molar-refractivity contribution in [3.05, 3.63) is 17.1 Å². The lowest BCUT2D eigenvalue weighted by Crippen LogP contribution is -2.68. The molecule has 1 unspecified atom stereocenters. The van der Waals surface area contributed by atoms with E-state index in [1.165, 1.54) is 28.4 Å². The van der Waals surface area contributed by atoms with Crippen molar-refractivity contribution in [2.45, 2.75) is 23.0 Å². The lowest BCUT2D eigenvalue weighted by molar-refractivity contribution is -0.147. The Bertz CT molecular complexity index is 748. The summed E-state index contributed by atoms with van der Waals surface area (Å²) < 4.78 is 0. The Kier molecular flexibility index (Phi) is 4.51. The summed E-state index contributed by atoms with van der Waals surface area (Å²) in [5.74, 6) is -0.994. The molecule has 3 rings (SSSR count). The predicted molar refractivity (Wildman–Crippen MR) is 85.7 cm³/mol. The quantitative estimate of drug-likeness (QED) is 0.344. The predicted octanol–water partition coefficient (Wildman–Crippen LogP) is -1.49. The number of carbonyl (C=O) groups excluding carboxylic acids is 2. The van der Waals surface area contributed by atoms with Gasteiger partial charge in [0.1, 0.15) is 17.1 Å². The van der Waals surface area contributed by atoms with E-state index in [9.17, 15) is 19.5 Å². The number of carboxylic acid groups (broad SMARTS) is 1. The van der Waals surface area contributed by atoms with Gasteiger partial charge in [-0.1, -0.05) is 11.8 Å². The summed E-state index contributed by atoms with van der Waals surface area (Å²) in [4.78, 5) is 39.6. The number of primary amides is 1. The molecule has 2 amide bonds. The molecule has 0 aliphatic carbocycles. The van der Waals surface area contributed by atoms with Crippen molar-refractivity contribution >= 4 is 41.3 Å². The normalized spacial score (nSPS) is 23.0. The van der Waals surface area contributed by atoms with Crippen molar-refractivity contribution in [1.82, 2.24) is 20.1 Å². The number of rotatable bonds is 6. The van der Waals surface area contributed by atoms with Crippen molar-refractivity contribution in [2.24, 2.45) is 11.5 Å². The molecule has 128 valence electrons.